The number of hydrogen-bond acceptors (Lipinski definition) is 3. The second-order valence-corrected chi connectivity index (χ2v) is 5.78. The third-order valence-electron chi connectivity index (χ3n) is 4.57. The van der Waals surface area contributed by atoms with Crippen molar-refractivity contribution in [1.82, 2.24) is 10.2 Å². The van der Waals surface area contributed by atoms with Gasteiger partial charge in [-0.15, -0.1) is 0 Å². The predicted octanol–water partition coefficient (Wildman–Crippen LogP) is 3.04. The van der Waals surface area contributed by atoms with E-state index in [1.54, 1.807) is 0 Å². The van der Waals surface area contributed by atoms with Gasteiger partial charge in [0.25, 0.3) is 0 Å². The summed E-state index contributed by atoms with van der Waals surface area (Å²) in [7, 11) is 1.81. The van der Waals surface area contributed by atoms with E-state index in [0.717, 1.165) is 37.8 Å². The smallest absolute Gasteiger partial charge is 0.0589 e. The summed E-state index contributed by atoms with van der Waals surface area (Å²) in [5.74, 6) is 0. The van der Waals surface area contributed by atoms with Crippen LogP contribution in [0.5, 0.6) is 0 Å². The Morgan fingerprint density at radius 2 is 1.95 bits per heavy atom. The number of rotatable bonds is 9. The zero-order valence-electron chi connectivity index (χ0n) is 13.5. The number of nitrogens with zero attached hydrogens (tertiary/aromatic N) is 1. The average molecular weight is 270 g/mol. The van der Waals surface area contributed by atoms with Crippen molar-refractivity contribution in [3.05, 3.63) is 0 Å². The average Bonchev–Trinajstić information content (AvgIpc) is 2.44. The fraction of sp³-hybridized carbons (Fsp3) is 1.00. The SMILES string of the molecule is CCNC1CCCC(N(CCOC)C(CC)CC)C1. The van der Waals surface area contributed by atoms with Crippen molar-refractivity contribution < 1.29 is 4.74 Å². The molecule has 1 aliphatic carbocycles. The summed E-state index contributed by atoms with van der Waals surface area (Å²) >= 11 is 0. The summed E-state index contributed by atoms with van der Waals surface area (Å²) < 4.78 is 5.32. The van der Waals surface area contributed by atoms with Gasteiger partial charge in [0.15, 0.2) is 0 Å². The van der Waals surface area contributed by atoms with Gasteiger partial charge < -0.3 is 10.1 Å². The van der Waals surface area contributed by atoms with E-state index >= 15 is 0 Å². The summed E-state index contributed by atoms with van der Waals surface area (Å²) in [5, 5.41) is 3.64. The molecule has 1 N–H and O–H groups in total. The van der Waals surface area contributed by atoms with Crippen LogP contribution in [0.2, 0.25) is 0 Å². The van der Waals surface area contributed by atoms with Gasteiger partial charge in [-0.3, -0.25) is 4.90 Å². The highest BCUT2D eigenvalue weighted by molar-refractivity contribution is 4.86. The first-order valence-corrected chi connectivity index (χ1v) is 8.24. The lowest BCUT2D eigenvalue weighted by atomic mass is 9.88. The van der Waals surface area contributed by atoms with Gasteiger partial charge >= 0.3 is 0 Å². The molecule has 114 valence electrons. The molecule has 3 nitrogen and oxygen atoms in total. The molecule has 2 unspecified atom stereocenters. The first-order valence-electron chi connectivity index (χ1n) is 8.24. The highest BCUT2D eigenvalue weighted by atomic mass is 16.5. The Hall–Kier alpha value is -0.120. The fourth-order valence-electron chi connectivity index (χ4n) is 3.56. The van der Waals surface area contributed by atoms with E-state index in [1.165, 1.54) is 38.5 Å². The molecule has 0 aliphatic heterocycles. The minimum atomic E-state index is 0.723. The van der Waals surface area contributed by atoms with E-state index in [4.69, 9.17) is 4.74 Å². The van der Waals surface area contributed by atoms with Gasteiger partial charge in [-0.05, 0) is 38.6 Å². The Kier molecular flexibility index (Phi) is 8.67. The first-order chi connectivity index (χ1) is 9.26. The van der Waals surface area contributed by atoms with Crippen molar-refractivity contribution in [3.63, 3.8) is 0 Å². The Bertz CT molecular complexity index is 217. The topological polar surface area (TPSA) is 24.5 Å². The van der Waals surface area contributed by atoms with E-state index in [9.17, 15) is 0 Å². The molecule has 19 heavy (non-hydrogen) atoms. The van der Waals surface area contributed by atoms with Gasteiger partial charge in [-0.2, -0.15) is 0 Å². The third kappa shape index (κ3) is 5.41. The van der Waals surface area contributed by atoms with Crippen LogP contribution in [0.15, 0.2) is 0 Å². The summed E-state index contributed by atoms with van der Waals surface area (Å²) in [6.07, 6.45) is 7.90. The Labute approximate surface area is 120 Å². The summed E-state index contributed by atoms with van der Waals surface area (Å²) in [5.41, 5.74) is 0. The molecule has 0 spiro atoms. The lowest BCUT2D eigenvalue weighted by molar-refractivity contribution is 0.0566. The van der Waals surface area contributed by atoms with Crippen molar-refractivity contribution >= 4 is 0 Å². The van der Waals surface area contributed by atoms with Gasteiger partial charge in [0.2, 0.25) is 0 Å². The summed E-state index contributed by atoms with van der Waals surface area (Å²) in [6, 6.07) is 2.20. The zero-order chi connectivity index (χ0) is 14.1. The van der Waals surface area contributed by atoms with Crippen LogP contribution in [0.4, 0.5) is 0 Å². The lowest BCUT2D eigenvalue weighted by Crippen LogP contribution is -2.49. The van der Waals surface area contributed by atoms with Gasteiger partial charge in [0.1, 0.15) is 0 Å². The Morgan fingerprint density at radius 3 is 2.53 bits per heavy atom. The number of methoxy groups -OCH3 is 1. The molecule has 1 fully saturated rings. The van der Waals surface area contributed by atoms with Gasteiger partial charge in [-0.25, -0.2) is 0 Å². The van der Waals surface area contributed by atoms with Crippen molar-refractivity contribution in [3.8, 4) is 0 Å². The predicted molar refractivity (Wildman–Crippen MR) is 82.7 cm³/mol. The number of ether oxygens (including phenoxy) is 1. The maximum absolute atomic E-state index is 5.32. The van der Waals surface area contributed by atoms with Crippen LogP contribution in [-0.4, -0.2) is 49.8 Å². The van der Waals surface area contributed by atoms with E-state index in [2.05, 4.69) is 31.0 Å². The highest BCUT2D eigenvalue weighted by Gasteiger charge is 2.29. The maximum Gasteiger partial charge on any atom is 0.0589 e. The fourth-order valence-corrected chi connectivity index (χ4v) is 3.56. The van der Waals surface area contributed by atoms with Crippen LogP contribution in [-0.2, 0) is 4.74 Å². The molecule has 0 heterocycles. The largest absolute Gasteiger partial charge is 0.383 e. The standard InChI is InChI=1S/C16H34N2O/c1-5-15(6-2)18(11-12-19-4)16-10-8-9-14(13-16)17-7-3/h14-17H,5-13H2,1-4H3. The molecule has 0 saturated heterocycles. The second-order valence-electron chi connectivity index (χ2n) is 5.78. The van der Waals surface area contributed by atoms with E-state index in [1.807, 2.05) is 7.11 Å². The monoisotopic (exact) mass is 270 g/mol. The molecule has 0 aromatic rings. The van der Waals surface area contributed by atoms with Crippen LogP contribution >= 0.6 is 0 Å². The first kappa shape index (κ1) is 16.9. The van der Waals surface area contributed by atoms with E-state index in [0.29, 0.717) is 0 Å². The molecule has 3 heteroatoms. The van der Waals surface area contributed by atoms with Crippen LogP contribution in [0.25, 0.3) is 0 Å². The minimum absolute atomic E-state index is 0.723. The second kappa shape index (κ2) is 9.73. The van der Waals surface area contributed by atoms with Gasteiger partial charge in [-0.1, -0.05) is 27.2 Å². The van der Waals surface area contributed by atoms with Gasteiger partial charge in [0, 0.05) is 31.8 Å². The Balaban J connectivity index is 2.61. The van der Waals surface area contributed by atoms with Crippen LogP contribution in [0.1, 0.15) is 59.3 Å². The minimum Gasteiger partial charge on any atom is -0.383 e. The lowest BCUT2D eigenvalue weighted by Gasteiger charge is -2.41. The molecule has 2 atom stereocenters. The highest BCUT2D eigenvalue weighted by Crippen LogP contribution is 2.26. The van der Waals surface area contributed by atoms with Crippen LogP contribution in [0, 0.1) is 0 Å². The number of hydrogen-bond donors (Lipinski definition) is 1. The van der Waals surface area contributed by atoms with Gasteiger partial charge in [0.05, 0.1) is 6.61 Å². The Morgan fingerprint density at radius 1 is 1.21 bits per heavy atom. The molecule has 0 aromatic heterocycles. The molecular weight excluding hydrogens is 236 g/mol. The molecular formula is C16H34N2O. The zero-order valence-corrected chi connectivity index (χ0v) is 13.5. The van der Waals surface area contributed by atoms with E-state index < -0.39 is 0 Å². The third-order valence-corrected chi connectivity index (χ3v) is 4.57. The molecule has 1 rings (SSSR count). The molecule has 1 saturated carbocycles. The number of nitrogens with one attached hydrogen (secondary N) is 1. The quantitative estimate of drug-likeness (QED) is 0.697. The van der Waals surface area contributed by atoms with Crippen molar-refractivity contribution in [1.29, 1.82) is 0 Å². The van der Waals surface area contributed by atoms with Crippen molar-refractivity contribution in [2.24, 2.45) is 0 Å². The van der Waals surface area contributed by atoms with Crippen molar-refractivity contribution in [2.75, 3.05) is 26.8 Å². The molecule has 0 radical (unpaired) electrons. The van der Waals surface area contributed by atoms with Crippen molar-refractivity contribution in [2.45, 2.75) is 77.4 Å². The van der Waals surface area contributed by atoms with Crippen LogP contribution < -0.4 is 5.32 Å². The molecule has 0 bridgehead atoms. The maximum atomic E-state index is 5.32. The van der Waals surface area contributed by atoms with E-state index in [-0.39, 0.29) is 0 Å². The molecule has 0 amide bonds. The normalized spacial score (nSPS) is 24.3. The summed E-state index contributed by atoms with van der Waals surface area (Å²) in [6.45, 7) is 9.90. The summed E-state index contributed by atoms with van der Waals surface area (Å²) in [4.78, 5) is 2.73. The molecule has 0 aromatic carbocycles. The molecule has 1 aliphatic rings. The van der Waals surface area contributed by atoms with Crippen LogP contribution in [0.3, 0.4) is 0 Å².